The molecule has 9 heteroatoms. The molecule has 2 aliphatic rings. The summed E-state index contributed by atoms with van der Waals surface area (Å²) in [6.45, 7) is 1.22. The van der Waals surface area contributed by atoms with Crippen LogP contribution in [0.25, 0.3) is 11.4 Å². The molecule has 1 fully saturated rings. The van der Waals surface area contributed by atoms with Crippen LogP contribution in [-0.4, -0.2) is 38.9 Å². The number of allylic oxidation sites excluding steroid dienone is 2. The highest BCUT2D eigenvalue weighted by molar-refractivity contribution is 6.30. The van der Waals surface area contributed by atoms with Gasteiger partial charge in [0.05, 0.1) is 11.8 Å². The molecule has 3 atom stereocenters. The molecule has 2 heterocycles. The van der Waals surface area contributed by atoms with Gasteiger partial charge in [0, 0.05) is 10.6 Å². The molecule has 0 N–H and O–H groups in total. The smallest absolute Gasteiger partial charge is 0.329 e. The number of hydrogen-bond donors (Lipinski definition) is 0. The van der Waals surface area contributed by atoms with E-state index in [-0.39, 0.29) is 36.1 Å². The predicted octanol–water partition coefficient (Wildman–Crippen LogP) is 2.77. The quantitative estimate of drug-likeness (QED) is 0.420. The molecule has 0 bridgehead atoms. The molecule has 1 aromatic carbocycles. The highest BCUT2D eigenvalue weighted by Gasteiger charge is 2.50. The third-order valence-electron chi connectivity index (χ3n) is 5.16. The van der Waals surface area contributed by atoms with Crippen molar-refractivity contribution in [3.63, 3.8) is 0 Å². The summed E-state index contributed by atoms with van der Waals surface area (Å²) in [5, 5.41) is 4.37. The summed E-state index contributed by atoms with van der Waals surface area (Å²) in [6, 6.07) is 5.92. The number of hydrogen-bond acceptors (Lipinski definition) is 7. The molecule has 150 valence electrons. The van der Waals surface area contributed by atoms with Crippen molar-refractivity contribution in [3.05, 3.63) is 47.3 Å². The summed E-state index contributed by atoms with van der Waals surface area (Å²) in [4.78, 5) is 42.8. The highest BCUT2D eigenvalue weighted by Crippen LogP contribution is 2.36. The van der Waals surface area contributed by atoms with Crippen LogP contribution in [0, 0.1) is 11.8 Å². The number of carbonyl (C=O) groups excluding carboxylic acids is 3. The van der Waals surface area contributed by atoms with Crippen LogP contribution in [0.1, 0.15) is 25.7 Å². The van der Waals surface area contributed by atoms with Gasteiger partial charge in [-0.3, -0.25) is 14.5 Å². The first-order valence-electron chi connectivity index (χ1n) is 9.23. The third kappa shape index (κ3) is 3.67. The second-order valence-electron chi connectivity index (χ2n) is 7.01. The first-order valence-corrected chi connectivity index (χ1v) is 9.60. The van der Waals surface area contributed by atoms with E-state index in [2.05, 4.69) is 10.1 Å². The Morgan fingerprint density at radius 2 is 1.97 bits per heavy atom. The van der Waals surface area contributed by atoms with Crippen molar-refractivity contribution < 1.29 is 23.6 Å². The molecule has 0 unspecified atom stereocenters. The lowest BCUT2D eigenvalue weighted by Gasteiger charge is -2.21. The summed E-state index contributed by atoms with van der Waals surface area (Å²) in [6.07, 6.45) is 4.82. The summed E-state index contributed by atoms with van der Waals surface area (Å²) in [5.74, 6) is -1.73. The molecule has 0 saturated carbocycles. The minimum Gasteiger partial charge on any atom is -0.454 e. The Kier molecular flexibility index (Phi) is 5.19. The minimum atomic E-state index is -1.02. The van der Waals surface area contributed by atoms with Crippen LogP contribution in [0.2, 0.25) is 5.02 Å². The van der Waals surface area contributed by atoms with Crippen LogP contribution in [0.15, 0.2) is 40.9 Å². The van der Waals surface area contributed by atoms with Crippen LogP contribution >= 0.6 is 11.6 Å². The van der Waals surface area contributed by atoms with E-state index < -0.39 is 12.0 Å². The third-order valence-corrected chi connectivity index (χ3v) is 5.39. The summed E-state index contributed by atoms with van der Waals surface area (Å²) in [7, 11) is 0. The Balaban J connectivity index is 1.39. The molecule has 8 nitrogen and oxygen atoms in total. The van der Waals surface area contributed by atoms with Crippen LogP contribution in [-0.2, 0) is 25.7 Å². The summed E-state index contributed by atoms with van der Waals surface area (Å²) in [5.41, 5.74) is 0.664. The Hall–Kier alpha value is -3.00. The maximum atomic E-state index is 12.6. The van der Waals surface area contributed by atoms with Gasteiger partial charge in [0.2, 0.25) is 17.6 Å². The van der Waals surface area contributed by atoms with Gasteiger partial charge in [-0.1, -0.05) is 41.0 Å². The van der Waals surface area contributed by atoms with Gasteiger partial charge in [-0.15, -0.1) is 0 Å². The van der Waals surface area contributed by atoms with Crippen LogP contribution in [0.5, 0.6) is 0 Å². The molecule has 0 radical (unpaired) electrons. The number of nitrogens with zero attached hydrogens (tertiary/aromatic N) is 3. The second-order valence-corrected chi connectivity index (χ2v) is 7.44. The maximum absolute atomic E-state index is 12.6. The molecule has 1 saturated heterocycles. The van der Waals surface area contributed by atoms with Crippen LogP contribution in [0.4, 0.5) is 0 Å². The number of imide groups is 1. The molecule has 2 amide bonds. The van der Waals surface area contributed by atoms with Gasteiger partial charge in [0.25, 0.3) is 5.89 Å². The second kappa shape index (κ2) is 7.79. The first kappa shape index (κ1) is 19.3. The number of rotatable bonds is 5. The Morgan fingerprint density at radius 3 is 2.62 bits per heavy atom. The van der Waals surface area contributed by atoms with Crippen molar-refractivity contribution in [1.82, 2.24) is 15.0 Å². The molecular weight excluding hydrogens is 398 g/mol. The van der Waals surface area contributed by atoms with Crippen LogP contribution in [0.3, 0.4) is 0 Å². The number of esters is 1. The number of carbonyl (C=O) groups is 3. The van der Waals surface area contributed by atoms with Crippen molar-refractivity contribution in [2.45, 2.75) is 32.4 Å². The fourth-order valence-corrected chi connectivity index (χ4v) is 3.82. The van der Waals surface area contributed by atoms with E-state index in [1.807, 2.05) is 12.2 Å². The number of amides is 2. The fourth-order valence-electron chi connectivity index (χ4n) is 3.62. The van der Waals surface area contributed by atoms with E-state index in [0.29, 0.717) is 29.3 Å². The van der Waals surface area contributed by atoms with Crippen molar-refractivity contribution in [1.29, 1.82) is 0 Å². The van der Waals surface area contributed by atoms with Crippen molar-refractivity contribution in [2.24, 2.45) is 11.8 Å². The lowest BCUT2D eigenvalue weighted by Crippen LogP contribution is -2.44. The monoisotopic (exact) mass is 415 g/mol. The van der Waals surface area contributed by atoms with E-state index in [4.69, 9.17) is 20.9 Å². The highest BCUT2D eigenvalue weighted by atomic mass is 35.5. The van der Waals surface area contributed by atoms with Crippen molar-refractivity contribution >= 4 is 29.4 Å². The maximum Gasteiger partial charge on any atom is 0.329 e. The Labute approximate surface area is 171 Å². The Bertz CT molecular complexity index is 976. The van der Waals surface area contributed by atoms with E-state index in [9.17, 15) is 14.4 Å². The van der Waals surface area contributed by atoms with Crippen molar-refractivity contribution in [2.75, 3.05) is 0 Å². The lowest BCUT2D eigenvalue weighted by molar-refractivity contribution is -0.159. The van der Waals surface area contributed by atoms with Crippen molar-refractivity contribution in [3.8, 4) is 11.4 Å². The fraction of sp³-hybridized carbons (Fsp3) is 0.350. The number of fused-ring (bicyclic) bond motifs is 1. The van der Waals surface area contributed by atoms with Crippen LogP contribution < -0.4 is 0 Å². The average molecular weight is 416 g/mol. The molecule has 0 spiro atoms. The van der Waals surface area contributed by atoms with E-state index >= 15 is 0 Å². The average Bonchev–Trinajstić information content (AvgIpc) is 3.29. The summed E-state index contributed by atoms with van der Waals surface area (Å²) < 4.78 is 10.3. The van der Waals surface area contributed by atoms with E-state index in [1.165, 1.54) is 6.92 Å². The largest absolute Gasteiger partial charge is 0.454 e. The van der Waals surface area contributed by atoms with E-state index in [0.717, 1.165) is 4.90 Å². The number of aromatic nitrogens is 2. The number of ether oxygens (including phenoxy) is 1. The van der Waals surface area contributed by atoms with Gasteiger partial charge in [-0.05, 0) is 31.9 Å². The SMILES string of the molecule is C[C@H](C(=O)OCc1nc(-c2cccc(Cl)c2)no1)N1C(=O)[C@H]2CC=CC[C@H]2C1=O. The van der Waals surface area contributed by atoms with Gasteiger partial charge in [0.15, 0.2) is 6.61 Å². The van der Waals surface area contributed by atoms with Gasteiger partial charge in [0.1, 0.15) is 6.04 Å². The molecule has 29 heavy (non-hydrogen) atoms. The normalized spacial score (nSPS) is 21.9. The van der Waals surface area contributed by atoms with Gasteiger partial charge in [-0.2, -0.15) is 4.98 Å². The molecule has 4 rings (SSSR count). The first-order chi connectivity index (χ1) is 14.0. The molecule has 2 aromatic rings. The molecule has 1 aliphatic carbocycles. The molecular formula is C20H18ClN3O5. The molecule has 1 aromatic heterocycles. The standard InChI is InChI=1S/C20H18ClN3O5/c1-11(24-18(25)14-7-2-3-8-15(14)19(24)26)20(27)28-10-16-22-17(23-29-16)12-5-4-6-13(21)9-12/h2-6,9,11,14-15H,7-8,10H2,1H3/t11-,14-,15+/m1/s1. The topological polar surface area (TPSA) is 103 Å². The zero-order valence-electron chi connectivity index (χ0n) is 15.6. The predicted molar refractivity (Wildman–Crippen MR) is 101 cm³/mol. The minimum absolute atomic E-state index is 0.0949. The Morgan fingerprint density at radius 1 is 1.28 bits per heavy atom. The molecule has 1 aliphatic heterocycles. The number of benzene rings is 1. The lowest BCUT2D eigenvalue weighted by atomic mass is 9.85. The zero-order valence-corrected chi connectivity index (χ0v) is 16.3. The van der Waals surface area contributed by atoms with Gasteiger partial charge in [-0.25, -0.2) is 4.79 Å². The number of halogens is 1. The summed E-state index contributed by atoms with van der Waals surface area (Å²) >= 11 is 5.95. The van der Waals surface area contributed by atoms with E-state index in [1.54, 1.807) is 24.3 Å². The zero-order chi connectivity index (χ0) is 20.5. The van der Waals surface area contributed by atoms with Gasteiger partial charge >= 0.3 is 5.97 Å². The number of likely N-dealkylation sites (tertiary alicyclic amines) is 1. The van der Waals surface area contributed by atoms with Gasteiger partial charge < -0.3 is 9.26 Å².